The van der Waals surface area contributed by atoms with Gasteiger partial charge in [-0.2, -0.15) is 0 Å². The molecule has 0 aromatic heterocycles. The zero-order valence-corrected chi connectivity index (χ0v) is 13.3. The van der Waals surface area contributed by atoms with Crippen LogP contribution in [0.1, 0.15) is 12.5 Å². The Hall–Kier alpha value is -2.63. The van der Waals surface area contributed by atoms with Gasteiger partial charge in [0.1, 0.15) is 12.4 Å². The number of amides is 2. The van der Waals surface area contributed by atoms with E-state index >= 15 is 0 Å². The molecule has 1 unspecified atom stereocenters. The van der Waals surface area contributed by atoms with E-state index in [0.29, 0.717) is 0 Å². The van der Waals surface area contributed by atoms with Gasteiger partial charge in [0.25, 0.3) is 0 Å². The van der Waals surface area contributed by atoms with Crippen molar-refractivity contribution in [1.82, 2.24) is 5.32 Å². The number of hydrogen-bond acceptors (Lipinski definition) is 2. The van der Waals surface area contributed by atoms with Crippen LogP contribution in [0.15, 0.2) is 42.5 Å². The SMILES string of the molecule is CC1Cc2ccccc2N1C(=O)NCCOc1ccc(F)c(F)c1. The Balaban J connectivity index is 1.52. The summed E-state index contributed by atoms with van der Waals surface area (Å²) in [6.45, 7) is 2.43. The number of fused-ring (bicyclic) bond motifs is 1. The second kappa shape index (κ2) is 6.86. The Morgan fingerprint density at radius 3 is 2.83 bits per heavy atom. The lowest BCUT2D eigenvalue weighted by atomic mass is 10.1. The molecule has 1 heterocycles. The summed E-state index contributed by atoms with van der Waals surface area (Å²) in [7, 11) is 0. The van der Waals surface area contributed by atoms with Gasteiger partial charge in [0.2, 0.25) is 0 Å². The fourth-order valence-electron chi connectivity index (χ4n) is 2.85. The van der Waals surface area contributed by atoms with Crippen LogP contribution in [0.2, 0.25) is 0 Å². The van der Waals surface area contributed by atoms with Crippen molar-refractivity contribution in [2.24, 2.45) is 0 Å². The Kier molecular flexibility index (Phi) is 4.64. The van der Waals surface area contributed by atoms with Gasteiger partial charge in [-0.15, -0.1) is 0 Å². The number of carbonyl (C=O) groups excluding carboxylic acids is 1. The molecule has 0 bridgehead atoms. The lowest BCUT2D eigenvalue weighted by Crippen LogP contribution is -2.44. The molecule has 1 aliphatic heterocycles. The zero-order valence-electron chi connectivity index (χ0n) is 13.3. The molecule has 4 nitrogen and oxygen atoms in total. The average molecular weight is 332 g/mol. The van der Waals surface area contributed by atoms with E-state index in [0.717, 1.165) is 29.8 Å². The molecule has 3 rings (SSSR count). The van der Waals surface area contributed by atoms with Gasteiger partial charge in [-0.25, -0.2) is 13.6 Å². The molecule has 126 valence electrons. The predicted octanol–water partition coefficient (Wildman–Crippen LogP) is 3.50. The van der Waals surface area contributed by atoms with E-state index in [-0.39, 0.29) is 31.0 Å². The van der Waals surface area contributed by atoms with Crippen molar-refractivity contribution in [3.8, 4) is 5.75 Å². The average Bonchev–Trinajstić information content (AvgIpc) is 2.90. The van der Waals surface area contributed by atoms with Gasteiger partial charge >= 0.3 is 6.03 Å². The molecule has 6 heteroatoms. The molecule has 2 amide bonds. The first-order chi connectivity index (χ1) is 11.6. The minimum atomic E-state index is -0.959. The fraction of sp³-hybridized carbons (Fsp3) is 0.278. The highest BCUT2D eigenvalue weighted by Crippen LogP contribution is 2.31. The van der Waals surface area contributed by atoms with Crippen LogP contribution in [0.4, 0.5) is 19.3 Å². The van der Waals surface area contributed by atoms with Gasteiger partial charge in [0.15, 0.2) is 11.6 Å². The van der Waals surface area contributed by atoms with E-state index in [4.69, 9.17) is 4.74 Å². The normalized spacial score (nSPS) is 16.0. The fourth-order valence-corrected chi connectivity index (χ4v) is 2.85. The minimum Gasteiger partial charge on any atom is -0.492 e. The monoisotopic (exact) mass is 332 g/mol. The molecule has 1 N–H and O–H groups in total. The van der Waals surface area contributed by atoms with Gasteiger partial charge in [0.05, 0.1) is 6.54 Å². The number of nitrogens with one attached hydrogen (secondary N) is 1. The van der Waals surface area contributed by atoms with Crippen LogP contribution in [-0.4, -0.2) is 25.2 Å². The number of anilines is 1. The van der Waals surface area contributed by atoms with Crippen LogP contribution in [0.5, 0.6) is 5.75 Å². The molecule has 0 spiro atoms. The summed E-state index contributed by atoms with van der Waals surface area (Å²) in [6.07, 6.45) is 0.828. The van der Waals surface area contributed by atoms with E-state index < -0.39 is 11.6 Å². The number of ether oxygens (including phenoxy) is 1. The highest BCUT2D eigenvalue weighted by molar-refractivity contribution is 5.94. The van der Waals surface area contributed by atoms with Crippen LogP contribution < -0.4 is 15.0 Å². The third-order valence-electron chi connectivity index (χ3n) is 3.96. The van der Waals surface area contributed by atoms with E-state index in [2.05, 4.69) is 5.32 Å². The van der Waals surface area contributed by atoms with Crippen molar-refractivity contribution in [2.75, 3.05) is 18.1 Å². The van der Waals surface area contributed by atoms with Crippen molar-refractivity contribution in [3.05, 3.63) is 59.7 Å². The summed E-state index contributed by atoms with van der Waals surface area (Å²) in [5.41, 5.74) is 2.07. The van der Waals surface area contributed by atoms with Crippen LogP contribution in [-0.2, 0) is 6.42 Å². The Bertz CT molecular complexity index is 752. The maximum absolute atomic E-state index is 13.1. The number of para-hydroxylation sites is 1. The molecule has 2 aromatic carbocycles. The third-order valence-corrected chi connectivity index (χ3v) is 3.96. The standard InChI is InChI=1S/C18H18F2N2O2/c1-12-10-13-4-2-3-5-17(13)22(12)18(23)21-8-9-24-14-6-7-15(19)16(20)11-14/h2-7,11-12H,8-10H2,1H3,(H,21,23). The molecule has 0 fully saturated rings. The summed E-state index contributed by atoms with van der Waals surface area (Å²) < 4.78 is 31.2. The molecule has 0 saturated carbocycles. The molecule has 0 saturated heterocycles. The summed E-state index contributed by atoms with van der Waals surface area (Å²) in [5.74, 6) is -1.65. The van der Waals surface area contributed by atoms with E-state index in [9.17, 15) is 13.6 Å². The van der Waals surface area contributed by atoms with Crippen molar-refractivity contribution in [3.63, 3.8) is 0 Å². The summed E-state index contributed by atoms with van der Waals surface area (Å²) >= 11 is 0. The van der Waals surface area contributed by atoms with E-state index in [1.165, 1.54) is 6.07 Å². The van der Waals surface area contributed by atoms with Crippen LogP contribution in [0, 0.1) is 11.6 Å². The van der Waals surface area contributed by atoms with Gasteiger partial charge in [0, 0.05) is 17.8 Å². The van der Waals surface area contributed by atoms with Crippen LogP contribution in [0.3, 0.4) is 0 Å². The summed E-state index contributed by atoms with van der Waals surface area (Å²) in [5, 5.41) is 2.79. The summed E-state index contributed by atoms with van der Waals surface area (Å²) in [6, 6.07) is 11.0. The topological polar surface area (TPSA) is 41.6 Å². The molecular formula is C18H18F2N2O2. The second-order valence-electron chi connectivity index (χ2n) is 5.71. The van der Waals surface area contributed by atoms with Gasteiger partial charge in [-0.05, 0) is 37.1 Å². The second-order valence-corrected chi connectivity index (χ2v) is 5.71. The molecule has 0 aliphatic carbocycles. The largest absolute Gasteiger partial charge is 0.492 e. The Morgan fingerprint density at radius 2 is 2.04 bits per heavy atom. The van der Waals surface area contributed by atoms with Gasteiger partial charge < -0.3 is 10.1 Å². The van der Waals surface area contributed by atoms with Crippen molar-refractivity contribution in [1.29, 1.82) is 0 Å². The number of benzene rings is 2. The highest BCUT2D eigenvalue weighted by atomic mass is 19.2. The molecular weight excluding hydrogens is 314 g/mol. The van der Waals surface area contributed by atoms with E-state index in [1.807, 2.05) is 31.2 Å². The quantitative estimate of drug-likeness (QED) is 0.871. The lowest BCUT2D eigenvalue weighted by molar-refractivity contribution is 0.240. The smallest absolute Gasteiger partial charge is 0.322 e. The first-order valence-corrected chi connectivity index (χ1v) is 7.79. The summed E-state index contributed by atoms with van der Waals surface area (Å²) in [4.78, 5) is 14.1. The van der Waals surface area contributed by atoms with Crippen molar-refractivity contribution < 1.29 is 18.3 Å². The molecule has 1 aliphatic rings. The van der Waals surface area contributed by atoms with Crippen LogP contribution >= 0.6 is 0 Å². The maximum atomic E-state index is 13.1. The molecule has 24 heavy (non-hydrogen) atoms. The minimum absolute atomic E-state index is 0.0921. The van der Waals surface area contributed by atoms with E-state index in [1.54, 1.807) is 4.90 Å². The number of urea groups is 1. The molecule has 2 aromatic rings. The number of carbonyl (C=O) groups is 1. The first kappa shape index (κ1) is 16.2. The lowest BCUT2D eigenvalue weighted by Gasteiger charge is -2.23. The number of hydrogen-bond donors (Lipinski definition) is 1. The number of rotatable bonds is 4. The molecule has 1 atom stereocenters. The van der Waals surface area contributed by atoms with Crippen molar-refractivity contribution >= 4 is 11.7 Å². The first-order valence-electron chi connectivity index (χ1n) is 7.79. The highest BCUT2D eigenvalue weighted by Gasteiger charge is 2.30. The Labute approximate surface area is 139 Å². The number of halogens is 2. The molecule has 0 radical (unpaired) electrons. The Morgan fingerprint density at radius 1 is 1.25 bits per heavy atom. The van der Waals surface area contributed by atoms with Gasteiger partial charge in [-0.1, -0.05) is 18.2 Å². The van der Waals surface area contributed by atoms with Gasteiger partial charge in [-0.3, -0.25) is 4.90 Å². The van der Waals surface area contributed by atoms with Crippen LogP contribution in [0.25, 0.3) is 0 Å². The predicted molar refractivity (Wildman–Crippen MR) is 87.3 cm³/mol. The number of nitrogens with zero attached hydrogens (tertiary/aromatic N) is 1. The third kappa shape index (κ3) is 3.32. The maximum Gasteiger partial charge on any atom is 0.322 e. The zero-order chi connectivity index (χ0) is 17.1. The van der Waals surface area contributed by atoms with Crippen molar-refractivity contribution in [2.45, 2.75) is 19.4 Å².